The molecular formula is C5H9N5O. The van der Waals surface area contributed by atoms with Crippen molar-refractivity contribution in [2.45, 2.75) is 6.54 Å². The summed E-state index contributed by atoms with van der Waals surface area (Å²) in [6, 6.07) is 0. The van der Waals surface area contributed by atoms with Crippen molar-refractivity contribution in [1.29, 1.82) is 0 Å². The summed E-state index contributed by atoms with van der Waals surface area (Å²) < 4.78 is 0. The fraction of sp³-hybridized carbons (Fsp3) is 0.400. The molecule has 0 amide bonds. The number of rotatable bonds is 2. The highest BCUT2D eigenvalue weighted by Crippen LogP contribution is 1.82. The third-order valence-corrected chi connectivity index (χ3v) is 1.13. The summed E-state index contributed by atoms with van der Waals surface area (Å²) in [5.41, 5.74) is 5.21. The first-order chi connectivity index (χ1) is 5.24. The van der Waals surface area contributed by atoms with Crippen molar-refractivity contribution in [1.82, 2.24) is 20.5 Å². The molecule has 11 heavy (non-hydrogen) atoms. The Morgan fingerprint density at radius 1 is 1.64 bits per heavy atom. The lowest BCUT2D eigenvalue weighted by Crippen LogP contribution is -2.22. The Bertz CT molecular complexity index is 293. The zero-order chi connectivity index (χ0) is 8.27. The molecule has 0 saturated heterocycles. The molecule has 0 saturated carbocycles. The molecule has 0 aliphatic carbocycles. The summed E-state index contributed by atoms with van der Waals surface area (Å²) >= 11 is 0. The summed E-state index contributed by atoms with van der Waals surface area (Å²) in [6.45, 7) is 0.391. The van der Waals surface area contributed by atoms with Crippen LogP contribution in [0.2, 0.25) is 0 Å². The molecule has 60 valence electrons. The smallest absolute Gasteiger partial charge is 0.275 e. The van der Waals surface area contributed by atoms with Crippen LogP contribution in [0.3, 0.4) is 0 Å². The van der Waals surface area contributed by atoms with E-state index in [0.717, 1.165) is 0 Å². The SMILES string of the molecule is CNCc1nnc(N)[nH]c1=O. The zero-order valence-corrected chi connectivity index (χ0v) is 6.09. The number of nitrogen functional groups attached to an aromatic ring is 1. The number of aromatic amines is 1. The zero-order valence-electron chi connectivity index (χ0n) is 6.09. The lowest BCUT2D eigenvalue weighted by Gasteiger charge is -1.95. The van der Waals surface area contributed by atoms with Gasteiger partial charge in [-0.2, -0.15) is 0 Å². The Morgan fingerprint density at radius 2 is 2.36 bits per heavy atom. The van der Waals surface area contributed by atoms with Crippen LogP contribution >= 0.6 is 0 Å². The lowest BCUT2D eigenvalue weighted by molar-refractivity contribution is 0.745. The number of anilines is 1. The van der Waals surface area contributed by atoms with E-state index in [4.69, 9.17) is 5.73 Å². The normalized spacial score (nSPS) is 9.91. The van der Waals surface area contributed by atoms with Crippen LogP contribution in [0.25, 0.3) is 0 Å². The maximum atomic E-state index is 11.0. The number of nitrogens with two attached hydrogens (primary N) is 1. The Kier molecular flexibility index (Phi) is 2.17. The van der Waals surface area contributed by atoms with E-state index >= 15 is 0 Å². The standard InChI is InChI=1S/C5H9N5O/c1-7-2-3-4(11)8-5(6)10-9-3/h7H,2H2,1H3,(H3,6,8,10,11). The van der Waals surface area contributed by atoms with Crippen LogP contribution in [0.1, 0.15) is 5.69 Å². The molecule has 0 fully saturated rings. The Morgan fingerprint density at radius 3 is 2.91 bits per heavy atom. The molecule has 0 radical (unpaired) electrons. The first-order valence-corrected chi connectivity index (χ1v) is 3.10. The average molecular weight is 155 g/mol. The monoisotopic (exact) mass is 155 g/mol. The predicted molar refractivity (Wildman–Crippen MR) is 39.8 cm³/mol. The Labute approximate surface area is 62.8 Å². The van der Waals surface area contributed by atoms with Gasteiger partial charge in [0.05, 0.1) is 0 Å². The third kappa shape index (κ3) is 1.74. The van der Waals surface area contributed by atoms with Crippen molar-refractivity contribution in [2.24, 2.45) is 0 Å². The predicted octanol–water partition coefficient (Wildman–Crippen LogP) is -1.53. The number of nitrogens with zero attached hydrogens (tertiary/aromatic N) is 2. The number of H-pyrrole nitrogens is 1. The second-order valence-electron chi connectivity index (χ2n) is 2.02. The quantitative estimate of drug-likeness (QED) is 0.481. The molecule has 0 atom stereocenters. The summed E-state index contributed by atoms with van der Waals surface area (Å²) in [7, 11) is 1.72. The van der Waals surface area contributed by atoms with Crippen molar-refractivity contribution in [3.8, 4) is 0 Å². The molecular weight excluding hydrogens is 146 g/mol. The molecule has 0 spiro atoms. The van der Waals surface area contributed by atoms with Gasteiger partial charge in [0.25, 0.3) is 5.56 Å². The van der Waals surface area contributed by atoms with Gasteiger partial charge in [0.1, 0.15) is 5.69 Å². The van der Waals surface area contributed by atoms with Crippen molar-refractivity contribution in [3.63, 3.8) is 0 Å². The minimum absolute atomic E-state index is 0.0369. The van der Waals surface area contributed by atoms with E-state index in [-0.39, 0.29) is 11.5 Å². The van der Waals surface area contributed by atoms with E-state index in [0.29, 0.717) is 12.2 Å². The summed E-state index contributed by atoms with van der Waals surface area (Å²) in [6.07, 6.45) is 0. The largest absolute Gasteiger partial charge is 0.368 e. The Balaban J connectivity index is 3.00. The number of hydrogen-bond acceptors (Lipinski definition) is 5. The van der Waals surface area contributed by atoms with Gasteiger partial charge in [-0.25, -0.2) is 0 Å². The van der Waals surface area contributed by atoms with Gasteiger partial charge >= 0.3 is 0 Å². The minimum atomic E-state index is -0.299. The third-order valence-electron chi connectivity index (χ3n) is 1.13. The molecule has 1 rings (SSSR count). The van der Waals surface area contributed by atoms with Crippen LogP contribution in [0, 0.1) is 0 Å². The highest BCUT2D eigenvalue weighted by molar-refractivity contribution is 5.11. The van der Waals surface area contributed by atoms with E-state index < -0.39 is 0 Å². The second kappa shape index (κ2) is 3.11. The molecule has 6 heteroatoms. The fourth-order valence-electron chi connectivity index (χ4n) is 0.656. The first-order valence-electron chi connectivity index (χ1n) is 3.10. The Hall–Kier alpha value is -1.43. The van der Waals surface area contributed by atoms with E-state index in [1.165, 1.54) is 0 Å². The second-order valence-corrected chi connectivity index (χ2v) is 2.02. The fourth-order valence-corrected chi connectivity index (χ4v) is 0.656. The van der Waals surface area contributed by atoms with Gasteiger partial charge in [-0.3, -0.25) is 9.78 Å². The topological polar surface area (TPSA) is 96.7 Å². The van der Waals surface area contributed by atoms with Crippen LogP contribution in [0.15, 0.2) is 4.79 Å². The van der Waals surface area contributed by atoms with Crippen molar-refractivity contribution in [3.05, 3.63) is 16.0 Å². The van der Waals surface area contributed by atoms with Gasteiger partial charge in [-0.1, -0.05) is 0 Å². The molecule has 0 aliphatic rings. The van der Waals surface area contributed by atoms with Crippen molar-refractivity contribution < 1.29 is 0 Å². The van der Waals surface area contributed by atoms with Crippen molar-refractivity contribution in [2.75, 3.05) is 12.8 Å². The van der Waals surface area contributed by atoms with E-state index in [1.807, 2.05) is 0 Å². The molecule has 0 unspecified atom stereocenters. The van der Waals surface area contributed by atoms with Gasteiger partial charge in [-0.05, 0) is 7.05 Å². The number of hydrogen-bond donors (Lipinski definition) is 3. The van der Waals surface area contributed by atoms with Gasteiger partial charge < -0.3 is 11.1 Å². The van der Waals surface area contributed by atoms with Gasteiger partial charge in [-0.15, -0.1) is 10.2 Å². The minimum Gasteiger partial charge on any atom is -0.368 e. The van der Waals surface area contributed by atoms with Gasteiger partial charge in [0.15, 0.2) is 0 Å². The summed E-state index contributed by atoms with van der Waals surface area (Å²) in [4.78, 5) is 13.3. The van der Waals surface area contributed by atoms with Crippen molar-refractivity contribution >= 4 is 5.95 Å². The van der Waals surface area contributed by atoms with Gasteiger partial charge in [0.2, 0.25) is 5.95 Å². The average Bonchev–Trinajstić information content (AvgIpc) is 1.95. The van der Waals surface area contributed by atoms with Crippen LogP contribution in [0.4, 0.5) is 5.95 Å². The molecule has 1 heterocycles. The molecule has 6 nitrogen and oxygen atoms in total. The lowest BCUT2D eigenvalue weighted by atomic mass is 10.4. The van der Waals surface area contributed by atoms with Crippen LogP contribution < -0.4 is 16.6 Å². The summed E-state index contributed by atoms with van der Waals surface area (Å²) in [5, 5.41) is 9.86. The maximum Gasteiger partial charge on any atom is 0.275 e. The van der Waals surface area contributed by atoms with Crippen LogP contribution in [-0.2, 0) is 6.54 Å². The molecule has 4 N–H and O–H groups in total. The molecule has 0 bridgehead atoms. The van der Waals surface area contributed by atoms with Gasteiger partial charge in [0, 0.05) is 6.54 Å². The van der Waals surface area contributed by atoms with E-state index in [9.17, 15) is 4.79 Å². The molecule has 1 aromatic heterocycles. The highest BCUT2D eigenvalue weighted by Gasteiger charge is 1.99. The van der Waals surface area contributed by atoms with E-state index in [2.05, 4.69) is 20.5 Å². The molecule has 1 aromatic rings. The van der Waals surface area contributed by atoms with E-state index in [1.54, 1.807) is 7.05 Å². The van der Waals surface area contributed by atoms with Crippen LogP contribution in [0.5, 0.6) is 0 Å². The maximum absolute atomic E-state index is 11.0. The molecule has 0 aromatic carbocycles. The first kappa shape index (κ1) is 7.67. The summed E-state index contributed by atoms with van der Waals surface area (Å²) in [5.74, 6) is 0.0369. The number of nitrogens with one attached hydrogen (secondary N) is 2. The number of aromatic nitrogens is 3. The van der Waals surface area contributed by atoms with Crippen LogP contribution in [-0.4, -0.2) is 22.2 Å². The highest BCUT2D eigenvalue weighted by atomic mass is 16.1. The molecule has 0 aliphatic heterocycles.